The molecule has 0 saturated heterocycles. The molecule has 122 valence electrons. The number of benzene rings is 1. The minimum Gasteiger partial charge on any atom is -0.481 e. The van der Waals surface area contributed by atoms with Gasteiger partial charge in [-0.2, -0.15) is 0 Å². The third-order valence-electron chi connectivity index (χ3n) is 5.15. The third kappa shape index (κ3) is 5.82. The zero-order valence-corrected chi connectivity index (χ0v) is 13.9. The molecule has 2 heteroatoms. The van der Waals surface area contributed by atoms with Gasteiger partial charge in [0.05, 0.1) is 6.42 Å². The molecule has 1 saturated carbocycles. The molecule has 2 nitrogen and oxygen atoms in total. The van der Waals surface area contributed by atoms with Crippen molar-refractivity contribution in [1.29, 1.82) is 0 Å². The van der Waals surface area contributed by atoms with Crippen LogP contribution in [0.5, 0.6) is 0 Å². The van der Waals surface area contributed by atoms with Gasteiger partial charge in [0.25, 0.3) is 0 Å². The zero-order chi connectivity index (χ0) is 15.8. The number of hydrogen-bond donors (Lipinski definition) is 1. The Morgan fingerprint density at radius 3 is 2.09 bits per heavy atom. The van der Waals surface area contributed by atoms with Gasteiger partial charge in [0.15, 0.2) is 0 Å². The minimum atomic E-state index is -0.757. The Kier molecular flexibility index (Phi) is 6.95. The van der Waals surface area contributed by atoms with Gasteiger partial charge in [0, 0.05) is 0 Å². The summed E-state index contributed by atoms with van der Waals surface area (Å²) in [6, 6.07) is 8.13. The van der Waals surface area contributed by atoms with Crippen molar-refractivity contribution in [3.05, 3.63) is 35.4 Å². The molecule has 1 aromatic rings. The molecule has 1 aliphatic rings. The molecule has 0 aromatic heterocycles. The van der Waals surface area contributed by atoms with E-state index in [0.717, 1.165) is 23.8 Å². The second-order valence-electron chi connectivity index (χ2n) is 6.95. The van der Waals surface area contributed by atoms with Crippen molar-refractivity contribution in [3.63, 3.8) is 0 Å². The van der Waals surface area contributed by atoms with Crippen LogP contribution in [0.25, 0.3) is 0 Å². The third-order valence-corrected chi connectivity index (χ3v) is 5.15. The molecule has 0 heterocycles. The highest BCUT2D eigenvalue weighted by molar-refractivity contribution is 5.70. The van der Waals surface area contributed by atoms with E-state index in [4.69, 9.17) is 5.11 Å². The van der Waals surface area contributed by atoms with Crippen molar-refractivity contribution < 1.29 is 9.90 Å². The molecule has 1 N–H and O–H groups in total. The van der Waals surface area contributed by atoms with E-state index in [-0.39, 0.29) is 6.42 Å². The zero-order valence-electron chi connectivity index (χ0n) is 13.9. The number of aliphatic carboxylic acids is 1. The van der Waals surface area contributed by atoms with Crippen LogP contribution in [0.3, 0.4) is 0 Å². The molecule has 1 fully saturated rings. The van der Waals surface area contributed by atoms with Gasteiger partial charge in [-0.15, -0.1) is 0 Å². The highest BCUT2D eigenvalue weighted by Gasteiger charge is 2.20. The van der Waals surface area contributed by atoms with Crippen molar-refractivity contribution in [3.8, 4) is 0 Å². The lowest BCUT2D eigenvalue weighted by molar-refractivity contribution is -0.136. The smallest absolute Gasteiger partial charge is 0.307 e. The first-order valence-electron chi connectivity index (χ1n) is 8.97. The predicted molar refractivity (Wildman–Crippen MR) is 91.1 cm³/mol. The lowest BCUT2D eigenvalue weighted by atomic mass is 9.78. The molecule has 0 radical (unpaired) electrons. The van der Waals surface area contributed by atoms with Crippen LogP contribution in [-0.4, -0.2) is 11.1 Å². The summed E-state index contributed by atoms with van der Waals surface area (Å²) in [4.78, 5) is 10.7. The van der Waals surface area contributed by atoms with E-state index in [1.807, 2.05) is 12.1 Å². The van der Waals surface area contributed by atoms with E-state index in [1.54, 1.807) is 0 Å². The molecule has 0 atom stereocenters. The molecule has 1 aromatic carbocycles. The van der Waals surface area contributed by atoms with Crippen LogP contribution < -0.4 is 0 Å². The fraction of sp³-hybridized carbons (Fsp3) is 0.650. The predicted octanol–water partition coefficient (Wildman–Crippen LogP) is 5.24. The topological polar surface area (TPSA) is 37.3 Å². The lowest BCUT2D eigenvalue weighted by Gasteiger charge is -2.28. The van der Waals surface area contributed by atoms with Gasteiger partial charge in [-0.3, -0.25) is 4.79 Å². The maximum Gasteiger partial charge on any atom is 0.307 e. The maximum absolute atomic E-state index is 10.7. The van der Waals surface area contributed by atoms with Crippen molar-refractivity contribution in [2.75, 3.05) is 0 Å². The quantitative estimate of drug-likeness (QED) is 0.712. The fourth-order valence-corrected chi connectivity index (χ4v) is 3.67. The summed E-state index contributed by atoms with van der Waals surface area (Å²) in [5.41, 5.74) is 2.25. The summed E-state index contributed by atoms with van der Waals surface area (Å²) in [6.45, 7) is 2.29. The van der Waals surface area contributed by atoms with Gasteiger partial charge in [-0.25, -0.2) is 0 Å². The Balaban J connectivity index is 1.69. The van der Waals surface area contributed by atoms with E-state index in [2.05, 4.69) is 19.1 Å². The first kappa shape index (κ1) is 17.1. The average Bonchev–Trinajstić information content (AvgIpc) is 2.53. The molecular weight excluding hydrogens is 272 g/mol. The van der Waals surface area contributed by atoms with Crippen LogP contribution in [0, 0.1) is 11.8 Å². The lowest BCUT2D eigenvalue weighted by Crippen LogP contribution is -2.15. The van der Waals surface area contributed by atoms with Crippen LogP contribution in [-0.2, 0) is 17.6 Å². The van der Waals surface area contributed by atoms with Gasteiger partial charge in [0.2, 0.25) is 0 Å². The minimum absolute atomic E-state index is 0.127. The number of hydrogen-bond acceptors (Lipinski definition) is 1. The van der Waals surface area contributed by atoms with E-state index < -0.39 is 5.97 Å². The van der Waals surface area contributed by atoms with Crippen LogP contribution in [0.2, 0.25) is 0 Å². The summed E-state index contributed by atoms with van der Waals surface area (Å²) < 4.78 is 0. The summed E-state index contributed by atoms with van der Waals surface area (Å²) in [6.07, 6.45) is 12.4. The summed E-state index contributed by atoms with van der Waals surface area (Å²) in [5.74, 6) is 1.13. The molecule has 22 heavy (non-hydrogen) atoms. The molecule has 0 bridgehead atoms. The fourth-order valence-electron chi connectivity index (χ4n) is 3.67. The van der Waals surface area contributed by atoms with Gasteiger partial charge >= 0.3 is 5.97 Å². The largest absolute Gasteiger partial charge is 0.481 e. The number of rotatable bonds is 8. The summed E-state index contributed by atoms with van der Waals surface area (Å²) in [5, 5.41) is 8.79. The van der Waals surface area contributed by atoms with Gasteiger partial charge < -0.3 is 5.11 Å². The van der Waals surface area contributed by atoms with E-state index in [9.17, 15) is 4.79 Å². The molecule has 0 aliphatic heterocycles. The van der Waals surface area contributed by atoms with Crippen LogP contribution >= 0.6 is 0 Å². The maximum atomic E-state index is 10.7. The van der Waals surface area contributed by atoms with Crippen molar-refractivity contribution in [1.82, 2.24) is 0 Å². The Hall–Kier alpha value is -1.31. The molecule has 0 unspecified atom stereocenters. The highest BCUT2D eigenvalue weighted by Crippen LogP contribution is 2.34. The molecular formula is C20H30O2. The van der Waals surface area contributed by atoms with Crippen molar-refractivity contribution >= 4 is 5.97 Å². The van der Waals surface area contributed by atoms with Crippen LogP contribution in [0.1, 0.15) is 69.4 Å². The monoisotopic (exact) mass is 302 g/mol. The first-order valence-corrected chi connectivity index (χ1v) is 8.97. The number of carbonyl (C=O) groups is 1. The molecule has 1 aliphatic carbocycles. The number of carboxylic acid groups (broad SMARTS) is 1. The van der Waals surface area contributed by atoms with Gasteiger partial charge in [-0.1, -0.05) is 76.1 Å². The second-order valence-corrected chi connectivity index (χ2v) is 6.95. The number of carboxylic acids is 1. The summed E-state index contributed by atoms with van der Waals surface area (Å²) in [7, 11) is 0. The molecule has 2 rings (SSSR count). The Bertz CT molecular complexity index is 441. The highest BCUT2D eigenvalue weighted by atomic mass is 16.4. The van der Waals surface area contributed by atoms with E-state index >= 15 is 0 Å². The Morgan fingerprint density at radius 2 is 1.55 bits per heavy atom. The molecule has 0 amide bonds. The number of unbranched alkanes of at least 4 members (excludes halogenated alkanes) is 1. The first-order chi connectivity index (χ1) is 10.7. The normalized spacial score (nSPS) is 21.7. The molecule has 0 spiro atoms. The van der Waals surface area contributed by atoms with E-state index in [1.165, 1.54) is 56.9 Å². The average molecular weight is 302 g/mol. The van der Waals surface area contributed by atoms with Crippen molar-refractivity contribution in [2.45, 2.75) is 71.1 Å². The Morgan fingerprint density at radius 1 is 1.00 bits per heavy atom. The standard InChI is InChI=1S/C20H30O2/c1-2-3-4-16-5-7-17(8-6-16)9-10-18-11-13-19(14-12-18)15-20(21)22/h11-14,16-17H,2-10,15H2,1H3,(H,21,22)/t16-,17-. The van der Waals surface area contributed by atoms with Crippen molar-refractivity contribution in [2.24, 2.45) is 11.8 Å². The Labute approximate surface area is 134 Å². The second kappa shape index (κ2) is 8.97. The van der Waals surface area contributed by atoms with Crippen LogP contribution in [0.4, 0.5) is 0 Å². The van der Waals surface area contributed by atoms with Crippen LogP contribution in [0.15, 0.2) is 24.3 Å². The van der Waals surface area contributed by atoms with Gasteiger partial charge in [0.1, 0.15) is 0 Å². The SMILES string of the molecule is CCCC[C@H]1CC[C@H](CCc2ccc(CC(=O)O)cc2)CC1. The number of aryl methyl sites for hydroxylation is 1. The summed E-state index contributed by atoms with van der Waals surface area (Å²) >= 11 is 0. The van der Waals surface area contributed by atoms with E-state index in [0.29, 0.717) is 0 Å². The van der Waals surface area contributed by atoms with Gasteiger partial charge in [-0.05, 0) is 35.8 Å².